The number of amides is 1. The van der Waals surface area contributed by atoms with Crippen LogP contribution in [0.4, 0.5) is 10.5 Å². The number of esters is 1. The zero-order valence-corrected chi connectivity index (χ0v) is 18.0. The molecule has 172 valence electrons. The Morgan fingerprint density at radius 2 is 1.77 bits per heavy atom. The number of hydrogen-bond acceptors (Lipinski definition) is 9. The van der Waals surface area contributed by atoms with Crippen molar-refractivity contribution in [2.75, 3.05) is 12.4 Å². The molecule has 0 spiro atoms. The van der Waals surface area contributed by atoms with Gasteiger partial charge in [0, 0.05) is 18.6 Å². The van der Waals surface area contributed by atoms with Gasteiger partial charge in [-0.3, -0.25) is 14.9 Å². The molecule has 0 unspecified atom stereocenters. The monoisotopic (exact) mass is 460 g/mol. The molecule has 0 bridgehead atoms. The third kappa shape index (κ3) is 9.42. The predicted octanol–water partition coefficient (Wildman–Crippen LogP) is 1.67. The van der Waals surface area contributed by atoms with Gasteiger partial charge < -0.3 is 19.9 Å². The van der Waals surface area contributed by atoms with Gasteiger partial charge in [-0.25, -0.2) is 18.0 Å². The Hall–Kier alpha value is -3.22. The summed E-state index contributed by atoms with van der Waals surface area (Å²) in [6.07, 6.45) is -1.68. The van der Waals surface area contributed by atoms with E-state index in [1.807, 2.05) is 5.32 Å². The highest BCUT2D eigenvalue weighted by Crippen LogP contribution is 2.17. The van der Waals surface area contributed by atoms with Crippen molar-refractivity contribution in [2.24, 2.45) is 0 Å². The van der Waals surface area contributed by atoms with Gasteiger partial charge in [0.1, 0.15) is 18.2 Å². The van der Waals surface area contributed by atoms with E-state index in [0.717, 1.165) is 24.3 Å². The van der Waals surface area contributed by atoms with E-state index in [0.29, 0.717) is 0 Å². The molecular weight excluding hydrogens is 436 g/mol. The molecule has 0 fully saturated rings. The summed E-state index contributed by atoms with van der Waals surface area (Å²) in [4.78, 5) is 44.5. The summed E-state index contributed by atoms with van der Waals surface area (Å²) in [5.41, 5.74) is -1.02. The smallest absolute Gasteiger partial charge is 0.407 e. The Balaban J connectivity index is 2.55. The first kappa shape index (κ1) is 25.8. The normalized spacial score (nSPS) is 12.5. The average Bonchev–Trinajstić information content (AvgIpc) is 2.63. The number of rotatable bonds is 10. The van der Waals surface area contributed by atoms with Crippen LogP contribution in [0.25, 0.3) is 0 Å². The molecule has 12 nitrogen and oxygen atoms in total. The van der Waals surface area contributed by atoms with Crippen molar-refractivity contribution in [3.63, 3.8) is 0 Å². The van der Waals surface area contributed by atoms with Crippen LogP contribution in [0.1, 0.15) is 33.6 Å². The first-order chi connectivity index (χ1) is 14.2. The van der Waals surface area contributed by atoms with Crippen molar-refractivity contribution in [3.8, 4) is 0 Å². The van der Waals surface area contributed by atoms with E-state index in [4.69, 9.17) is 14.6 Å². The van der Waals surface area contributed by atoms with E-state index in [1.54, 1.807) is 20.8 Å². The number of aliphatic carboxylic acids is 1. The number of carboxylic acid groups (broad SMARTS) is 1. The molecule has 0 saturated carbocycles. The number of carbonyl (C=O) groups excluding carboxylic acids is 2. The summed E-state index contributed by atoms with van der Waals surface area (Å²) in [5.74, 6) is -2.66. The van der Waals surface area contributed by atoms with E-state index < -0.39 is 56.8 Å². The maximum absolute atomic E-state index is 12.2. The standard InChI is InChI=1S/C18H24N2O10S/c1-18(2,3)30-15(21)9-8-14(16(22)23)19-17(24)29-10-11-31(27,28)13-6-4-12(5-7-13)20(25)26/h4-7,14H,8-11H2,1-3H3,(H,19,24)(H,22,23)/t14-/m0/s1. The van der Waals surface area contributed by atoms with Gasteiger partial charge in [0.2, 0.25) is 0 Å². The molecule has 0 aliphatic heterocycles. The van der Waals surface area contributed by atoms with Crippen molar-refractivity contribution in [2.45, 2.75) is 50.2 Å². The van der Waals surface area contributed by atoms with Crippen LogP contribution in [0.5, 0.6) is 0 Å². The number of nitro groups is 1. The van der Waals surface area contributed by atoms with Crippen molar-refractivity contribution < 1.29 is 42.3 Å². The number of carbonyl (C=O) groups is 3. The number of nitrogens with zero attached hydrogens (tertiary/aromatic N) is 1. The highest BCUT2D eigenvalue weighted by Gasteiger charge is 2.24. The van der Waals surface area contributed by atoms with Crippen LogP contribution in [-0.4, -0.2) is 60.5 Å². The Bertz CT molecular complexity index is 920. The van der Waals surface area contributed by atoms with Gasteiger partial charge in [0.05, 0.1) is 15.6 Å². The number of alkyl carbamates (subject to hydrolysis) is 1. The minimum atomic E-state index is -3.89. The number of ether oxygens (including phenoxy) is 2. The Morgan fingerprint density at radius 3 is 2.26 bits per heavy atom. The van der Waals surface area contributed by atoms with Crippen molar-refractivity contribution >= 4 is 33.6 Å². The molecule has 1 amide bonds. The lowest BCUT2D eigenvalue weighted by Crippen LogP contribution is -2.42. The van der Waals surface area contributed by atoms with E-state index in [-0.39, 0.29) is 23.4 Å². The minimum absolute atomic E-state index is 0.192. The number of nitro benzene ring substituents is 1. The second-order valence-electron chi connectivity index (χ2n) is 7.37. The fourth-order valence-corrected chi connectivity index (χ4v) is 3.32. The van der Waals surface area contributed by atoms with Crippen LogP contribution in [0.2, 0.25) is 0 Å². The Labute approximate surface area is 178 Å². The number of benzene rings is 1. The lowest BCUT2D eigenvalue weighted by atomic mass is 10.1. The number of carboxylic acids is 1. The van der Waals surface area contributed by atoms with Gasteiger partial charge in [-0.2, -0.15) is 0 Å². The summed E-state index contributed by atoms with van der Waals surface area (Å²) in [6.45, 7) is 4.38. The lowest BCUT2D eigenvalue weighted by molar-refractivity contribution is -0.384. The fourth-order valence-electron chi connectivity index (χ4n) is 2.23. The van der Waals surface area contributed by atoms with Gasteiger partial charge in [-0.15, -0.1) is 0 Å². The predicted molar refractivity (Wildman–Crippen MR) is 106 cm³/mol. The van der Waals surface area contributed by atoms with Crippen molar-refractivity contribution in [3.05, 3.63) is 34.4 Å². The molecule has 0 aliphatic rings. The first-order valence-electron chi connectivity index (χ1n) is 9.06. The van der Waals surface area contributed by atoms with Crippen molar-refractivity contribution in [1.82, 2.24) is 5.32 Å². The lowest BCUT2D eigenvalue weighted by Gasteiger charge is -2.20. The first-order valence-corrected chi connectivity index (χ1v) is 10.7. The van der Waals surface area contributed by atoms with Crippen LogP contribution < -0.4 is 5.32 Å². The second kappa shape index (κ2) is 10.7. The molecular formula is C18H24N2O10S. The summed E-state index contributed by atoms with van der Waals surface area (Å²) >= 11 is 0. The number of nitrogens with one attached hydrogen (secondary N) is 1. The van der Waals surface area contributed by atoms with Crippen LogP contribution in [0.15, 0.2) is 29.2 Å². The van der Waals surface area contributed by atoms with Crippen LogP contribution >= 0.6 is 0 Å². The summed E-state index contributed by atoms with van der Waals surface area (Å²) < 4.78 is 34.1. The number of sulfone groups is 1. The van der Waals surface area contributed by atoms with Gasteiger partial charge in [0.25, 0.3) is 5.69 Å². The third-order valence-corrected chi connectivity index (χ3v) is 5.33. The number of hydrogen-bond donors (Lipinski definition) is 2. The Morgan fingerprint density at radius 1 is 1.19 bits per heavy atom. The molecule has 1 rings (SSSR count). The molecule has 1 aromatic rings. The molecule has 2 N–H and O–H groups in total. The topological polar surface area (TPSA) is 179 Å². The molecule has 0 aliphatic carbocycles. The third-order valence-electron chi connectivity index (χ3n) is 3.64. The van der Waals surface area contributed by atoms with Crippen molar-refractivity contribution in [1.29, 1.82) is 0 Å². The highest BCUT2D eigenvalue weighted by atomic mass is 32.2. The van der Waals surface area contributed by atoms with Crippen LogP contribution in [0.3, 0.4) is 0 Å². The van der Waals surface area contributed by atoms with E-state index in [9.17, 15) is 32.9 Å². The van der Waals surface area contributed by atoms with Crippen LogP contribution in [0, 0.1) is 10.1 Å². The van der Waals surface area contributed by atoms with Gasteiger partial charge in [0.15, 0.2) is 9.84 Å². The van der Waals surface area contributed by atoms with Gasteiger partial charge in [-0.05, 0) is 39.3 Å². The molecule has 0 saturated heterocycles. The minimum Gasteiger partial charge on any atom is -0.480 e. The maximum atomic E-state index is 12.2. The summed E-state index contributed by atoms with van der Waals surface area (Å²) in [5, 5.41) is 21.8. The number of non-ortho nitro benzene ring substituents is 1. The molecule has 0 heterocycles. The zero-order chi connectivity index (χ0) is 23.8. The van der Waals surface area contributed by atoms with E-state index in [2.05, 4.69) is 0 Å². The Kier molecular flexibility index (Phi) is 8.91. The quantitative estimate of drug-likeness (QED) is 0.296. The zero-order valence-electron chi connectivity index (χ0n) is 17.2. The maximum Gasteiger partial charge on any atom is 0.407 e. The molecule has 31 heavy (non-hydrogen) atoms. The average molecular weight is 460 g/mol. The molecule has 1 atom stereocenters. The van der Waals surface area contributed by atoms with Crippen LogP contribution in [-0.2, 0) is 28.9 Å². The molecule has 1 aromatic carbocycles. The van der Waals surface area contributed by atoms with E-state index >= 15 is 0 Å². The largest absolute Gasteiger partial charge is 0.480 e. The van der Waals surface area contributed by atoms with E-state index in [1.165, 1.54) is 0 Å². The summed E-state index contributed by atoms with van der Waals surface area (Å²) in [6, 6.07) is 2.74. The second-order valence-corrected chi connectivity index (χ2v) is 9.48. The highest BCUT2D eigenvalue weighted by molar-refractivity contribution is 7.91. The van der Waals surface area contributed by atoms with Gasteiger partial charge >= 0.3 is 18.0 Å². The SMILES string of the molecule is CC(C)(C)OC(=O)CC[C@H](NC(=O)OCCS(=O)(=O)c1ccc([N+](=O)[O-])cc1)C(=O)O. The molecule has 13 heteroatoms. The molecule has 0 aromatic heterocycles. The van der Waals surface area contributed by atoms with Gasteiger partial charge in [-0.1, -0.05) is 0 Å². The molecule has 0 radical (unpaired) electrons. The fraction of sp³-hybridized carbons (Fsp3) is 0.500. The summed E-state index contributed by atoms with van der Waals surface area (Å²) in [7, 11) is -3.89.